The molecule has 0 aromatic rings. The molecule has 0 radical (unpaired) electrons. The molecule has 0 aromatic heterocycles. The Labute approximate surface area is 128 Å². The molecule has 114 valence electrons. The molecule has 4 heteroatoms. The maximum Gasteiger partial charge on any atom is 0.134 e. The van der Waals surface area contributed by atoms with Gasteiger partial charge < -0.3 is 10.5 Å². The van der Waals surface area contributed by atoms with Crippen LogP contribution in [0.1, 0.15) is 34.6 Å². The Balaban J connectivity index is 0. The van der Waals surface area contributed by atoms with Gasteiger partial charge in [-0.2, -0.15) is 0 Å². The van der Waals surface area contributed by atoms with E-state index in [0.29, 0.717) is 23.1 Å². The highest BCUT2D eigenvalue weighted by Crippen LogP contribution is 2.17. The molecule has 3 nitrogen and oxygen atoms in total. The fourth-order valence-corrected chi connectivity index (χ4v) is 1.52. The minimum absolute atomic E-state index is 0.374. The van der Waals surface area contributed by atoms with Crippen molar-refractivity contribution in [1.82, 2.24) is 0 Å². The Morgan fingerprint density at radius 2 is 1.95 bits per heavy atom. The summed E-state index contributed by atoms with van der Waals surface area (Å²) < 4.78 is 5.60. The zero-order chi connectivity index (χ0) is 16.0. The van der Waals surface area contributed by atoms with Gasteiger partial charge in [-0.3, -0.25) is 4.99 Å². The predicted molar refractivity (Wildman–Crippen MR) is 91.1 cm³/mol. The first-order valence-electron chi connectivity index (χ1n) is 6.82. The minimum atomic E-state index is 0.374. The van der Waals surface area contributed by atoms with Crippen LogP contribution in [0.3, 0.4) is 0 Å². The third-order valence-corrected chi connectivity index (χ3v) is 2.20. The molecule has 20 heavy (non-hydrogen) atoms. The van der Waals surface area contributed by atoms with E-state index in [-0.39, 0.29) is 0 Å². The molecular formula is C16H27ClN2O. The van der Waals surface area contributed by atoms with Crippen LogP contribution in [0.15, 0.2) is 52.4 Å². The lowest BCUT2D eigenvalue weighted by Crippen LogP contribution is -2.07. The average Bonchev–Trinajstić information content (AvgIpc) is 2.41. The van der Waals surface area contributed by atoms with Crippen LogP contribution >= 0.6 is 11.6 Å². The Morgan fingerprint density at radius 1 is 1.35 bits per heavy atom. The summed E-state index contributed by atoms with van der Waals surface area (Å²) in [5.74, 6) is 0.566. The van der Waals surface area contributed by atoms with Gasteiger partial charge in [-0.05, 0) is 39.0 Å². The van der Waals surface area contributed by atoms with Crippen molar-refractivity contribution in [3.63, 3.8) is 0 Å². The first kappa shape index (κ1) is 20.8. The summed E-state index contributed by atoms with van der Waals surface area (Å²) in [5.41, 5.74) is 6.72. The number of halogens is 1. The van der Waals surface area contributed by atoms with Crippen LogP contribution in [-0.4, -0.2) is 18.9 Å². The molecule has 0 fully saturated rings. The normalized spacial score (nSPS) is 13.0. The smallest absolute Gasteiger partial charge is 0.134 e. The summed E-state index contributed by atoms with van der Waals surface area (Å²) >= 11 is 6.05. The van der Waals surface area contributed by atoms with Gasteiger partial charge in [0.05, 0.1) is 10.7 Å². The lowest BCUT2D eigenvalue weighted by Gasteiger charge is -2.09. The molecule has 0 spiro atoms. The lowest BCUT2D eigenvalue weighted by molar-refractivity contribution is 0.271. The van der Waals surface area contributed by atoms with Crippen molar-refractivity contribution in [1.29, 1.82) is 0 Å². The summed E-state index contributed by atoms with van der Waals surface area (Å²) in [7, 11) is 0. The monoisotopic (exact) mass is 298 g/mol. The molecule has 2 N–H and O–H groups in total. The molecule has 0 aliphatic rings. The third kappa shape index (κ3) is 10.4. The van der Waals surface area contributed by atoms with E-state index in [2.05, 4.69) is 11.6 Å². The zero-order valence-electron chi connectivity index (χ0n) is 13.2. The van der Waals surface area contributed by atoms with E-state index in [1.807, 2.05) is 46.8 Å². The molecule has 0 aromatic carbocycles. The quantitative estimate of drug-likeness (QED) is 0.425. The van der Waals surface area contributed by atoms with E-state index in [9.17, 15) is 0 Å². The van der Waals surface area contributed by atoms with Gasteiger partial charge in [0.1, 0.15) is 12.4 Å². The molecular weight excluding hydrogens is 272 g/mol. The van der Waals surface area contributed by atoms with E-state index >= 15 is 0 Å². The van der Waals surface area contributed by atoms with Crippen LogP contribution in [0.2, 0.25) is 0 Å². The van der Waals surface area contributed by atoms with Crippen molar-refractivity contribution in [3.8, 4) is 0 Å². The molecule has 0 amide bonds. The van der Waals surface area contributed by atoms with Crippen molar-refractivity contribution in [3.05, 3.63) is 47.4 Å². The number of rotatable bonds is 7. The summed E-state index contributed by atoms with van der Waals surface area (Å²) in [4.78, 5) is 4.31. The van der Waals surface area contributed by atoms with E-state index in [1.165, 1.54) is 0 Å². The molecule has 0 bridgehead atoms. The SMILES string of the molecule is C=C(N)/C=C(Cl)\C(=C/C)OCC(/C=C\C)=NCC.CC. The van der Waals surface area contributed by atoms with Gasteiger partial charge >= 0.3 is 0 Å². The molecule has 0 saturated carbocycles. The van der Waals surface area contributed by atoms with Crippen LogP contribution in [0.5, 0.6) is 0 Å². The van der Waals surface area contributed by atoms with Gasteiger partial charge in [0.15, 0.2) is 0 Å². The van der Waals surface area contributed by atoms with E-state index in [4.69, 9.17) is 22.1 Å². The summed E-state index contributed by atoms with van der Waals surface area (Å²) in [6.45, 7) is 14.4. The Kier molecular flexibility index (Phi) is 14.5. The highest BCUT2D eigenvalue weighted by molar-refractivity contribution is 6.31. The van der Waals surface area contributed by atoms with E-state index in [1.54, 1.807) is 12.2 Å². The van der Waals surface area contributed by atoms with E-state index in [0.717, 1.165) is 12.3 Å². The van der Waals surface area contributed by atoms with Crippen LogP contribution in [0, 0.1) is 0 Å². The maximum absolute atomic E-state index is 6.05. The number of hydrogen-bond acceptors (Lipinski definition) is 3. The molecule has 0 aliphatic heterocycles. The van der Waals surface area contributed by atoms with Crippen molar-refractivity contribution in [2.75, 3.05) is 13.2 Å². The van der Waals surface area contributed by atoms with Crippen LogP contribution < -0.4 is 5.73 Å². The molecule has 0 aliphatic carbocycles. The second-order valence-electron chi connectivity index (χ2n) is 3.47. The number of nitrogens with two attached hydrogens (primary N) is 1. The number of allylic oxidation sites excluding steroid dienone is 4. The standard InChI is InChI=1S/C14H21ClN2O.C2H6/c1-5-8-12(17-7-3)10-18-14(6-2)13(15)9-11(4)16;1-2/h5-6,8-9H,4,7,10,16H2,1-3H3;1-2H3/b8-5-,13-9+,14-6+,17-12?;. The zero-order valence-corrected chi connectivity index (χ0v) is 14.0. The minimum Gasteiger partial charge on any atom is -0.486 e. The van der Waals surface area contributed by atoms with Crippen LogP contribution in [0.4, 0.5) is 0 Å². The van der Waals surface area contributed by atoms with Crippen molar-refractivity contribution in [2.45, 2.75) is 34.6 Å². The number of aliphatic imine (C=N–C) groups is 1. The van der Waals surface area contributed by atoms with Gasteiger partial charge in [0.25, 0.3) is 0 Å². The summed E-state index contributed by atoms with van der Waals surface area (Å²) in [6.07, 6.45) is 7.17. The molecule has 0 rings (SSSR count). The molecule has 0 unspecified atom stereocenters. The first-order chi connectivity index (χ1) is 9.54. The van der Waals surface area contributed by atoms with Crippen LogP contribution in [0.25, 0.3) is 0 Å². The fraction of sp³-hybridized carbons (Fsp3) is 0.438. The van der Waals surface area contributed by atoms with Gasteiger partial charge in [-0.15, -0.1) is 0 Å². The first-order valence-corrected chi connectivity index (χ1v) is 7.20. The highest BCUT2D eigenvalue weighted by Gasteiger charge is 2.04. The Morgan fingerprint density at radius 3 is 2.35 bits per heavy atom. The largest absolute Gasteiger partial charge is 0.486 e. The molecule has 0 heterocycles. The second kappa shape index (κ2) is 13.9. The summed E-state index contributed by atoms with van der Waals surface area (Å²) in [5, 5.41) is 0.432. The number of ether oxygens (including phenoxy) is 1. The Hall–Kier alpha value is -1.48. The summed E-state index contributed by atoms with van der Waals surface area (Å²) in [6, 6.07) is 0. The van der Waals surface area contributed by atoms with Gasteiger partial charge in [-0.25, -0.2) is 0 Å². The van der Waals surface area contributed by atoms with Crippen LogP contribution in [-0.2, 0) is 4.74 Å². The Bertz CT molecular complexity index is 393. The second-order valence-corrected chi connectivity index (χ2v) is 3.88. The molecule has 0 saturated heterocycles. The maximum atomic E-state index is 6.05. The van der Waals surface area contributed by atoms with Gasteiger partial charge in [0.2, 0.25) is 0 Å². The fourth-order valence-electron chi connectivity index (χ4n) is 1.22. The topological polar surface area (TPSA) is 47.6 Å². The van der Waals surface area contributed by atoms with Gasteiger partial charge in [-0.1, -0.05) is 38.1 Å². The van der Waals surface area contributed by atoms with E-state index < -0.39 is 0 Å². The average molecular weight is 299 g/mol. The number of hydrogen-bond donors (Lipinski definition) is 1. The van der Waals surface area contributed by atoms with Crippen molar-refractivity contribution in [2.24, 2.45) is 10.7 Å². The van der Waals surface area contributed by atoms with Crippen molar-refractivity contribution >= 4 is 17.3 Å². The third-order valence-electron chi connectivity index (χ3n) is 1.91. The van der Waals surface area contributed by atoms with Gasteiger partial charge in [0, 0.05) is 12.2 Å². The highest BCUT2D eigenvalue weighted by atomic mass is 35.5. The number of nitrogens with zero attached hydrogens (tertiary/aromatic N) is 1. The lowest BCUT2D eigenvalue weighted by atomic mass is 10.3. The predicted octanol–water partition coefficient (Wildman–Crippen LogP) is 4.57. The molecule has 0 atom stereocenters. The van der Waals surface area contributed by atoms with Crippen molar-refractivity contribution < 1.29 is 4.74 Å².